The van der Waals surface area contributed by atoms with Gasteiger partial charge < -0.3 is 0 Å². The molecule has 24 heavy (non-hydrogen) atoms. The summed E-state index contributed by atoms with van der Waals surface area (Å²) in [6, 6.07) is 8.29. The summed E-state index contributed by atoms with van der Waals surface area (Å²) in [6.07, 6.45) is 0.192. The molecule has 0 amide bonds. The van der Waals surface area contributed by atoms with E-state index in [1.807, 2.05) is 0 Å². The summed E-state index contributed by atoms with van der Waals surface area (Å²) in [5.41, 5.74) is 0. The van der Waals surface area contributed by atoms with Crippen LogP contribution >= 0.6 is 11.3 Å². The molecule has 1 unspecified atom stereocenters. The molecule has 5 nitrogen and oxygen atoms in total. The Morgan fingerprint density at radius 2 is 1.96 bits per heavy atom. The minimum absolute atomic E-state index is 0.0840. The second-order valence-corrected chi connectivity index (χ2v) is 10.7. The predicted octanol–water partition coefficient (Wildman–Crippen LogP) is 2.44. The minimum atomic E-state index is -3.92. The molecule has 3 rings (SSSR count). The number of nitrogens with zero attached hydrogens (tertiary/aromatic N) is 1. The van der Waals surface area contributed by atoms with Gasteiger partial charge in [-0.15, -0.1) is 11.3 Å². The number of hydrogen-bond acceptors (Lipinski definition) is 5. The molecule has 1 atom stereocenters. The summed E-state index contributed by atoms with van der Waals surface area (Å²) < 4.78 is 64.8. The Labute approximate surface area is 144 Å². The SMILES string of the molecule is O=S1(=O)CCN(S(=O)(=O)c2cccc(F)c2)CCC1c1cccs1. The quantitative estimate of drug-likeness (QED) is 0.808. The van der Waals surface area contributed by atoms with Crippen molar-refractivity contribution in [2.75, 3.05) is 18.8 Å². The molecule has 1 aromatic carbocycles. The highest BCUT2D eigenvalue weighted by Crippen LogP contribution is 2.33. The maximum absolute atomic E-state index is 13.3. The Morgan fingerprint density at radius 1 is 1.17 bits per heavy atom. The summed E-state index contributed by atoms with van der Waals surface area (Å²) >= 11 is 1.35. The fourth-order valence-electron chi connectivity index (χ4n) is 2.73. The van der Waals surface area contributed by atoms with E-state index in [1.54, 1.807) is 17.5 Å². The van der Waals surface area contributed by atoms with Gasteiger partial charge in [-0.3, -0.25) is 0 Å². The lowest BCUT2D eigenvalue weighted by atomic mass is 10.2. The van der Waals surface area contributed by atoms with E-state index < -0.39 is 30.9 Å². The molecule has 0 bridgehead atoms. The van der Waals surface area contributed by atoms with Gasteiger partial charge in [0.25, 0.3) is 0 Å². The van der Waals surface area contributed by atoms with Crippen LogP contribution in [0.5, 0.6) is 0 Å². The molecular formula is C15H16FNO4S3. The van der Waals surface area contributed by atoms with Gasteiger partial charge in [-0.05, 0) is 36.1 Å². The van der Waals surface area contributed by atoms with Gasteiger partial charge in [0.05, 0.1) is 15.9 Å². The number of benzene rings is 1. The molecule has 1 aliphatic heterocycles. The standard InChI is InChI=1S/C15H16FNO4S3/c16-12-3-1-4-13(11-12)24(20,21)17-7-6-15(14-5-2-9-22-14)23(18,19)10-8-17/h1-5,9,11,15H,6-8,10H2. The highest BCUT2D eigenvalue weighted by atomic mass is 32.2. The lowest BCUT2D eigenvalue weighted by Crippen LogP contribution is -2.33. The maximum atomic E-state index is 13.3. The number of sulfone groups is 1. The van der Waals surface area contributed by atoms with Gasteiger partial charge in [-0.1, -0.05) is 12.1 Å². The first-order valence-corrected chi connectivity index (χ1v) is 11.3. The second-order valence-electron chi connectivity index (χ2n) is 5.52. The zero-order valence-electron chi connectivity index (χ0n) is 12.6. The lowest BCUT2D eigenvalue weighted by molar-refractivity contribution is 0.428. The third-order valence-corrected chi connectivity index (χ3v) is 9.13. The largest absolute Gasteiger partial charge is 0.243 e. The Bertz CT molecular complexity index is 923. The zero-order valence-corrected chi connectivity index (χ0v) is 15.1. The van der Waals surface area contributed by atoms with Crippen molar-refractivity contribution in [3.63, 3.8) is 0 Å². The fourth-order valence-corrected chi connectivity index (χ4v) is 7.34. The van der Waals surface area contributed by atoms with Gasteiger partial charge >= 0.3 is 0 Å². The molecule has 1 fully saturated rings. The number of hydrogen-bond donors (Lipinski definition) is 0. The predicted molar refractivity (Wildman–Crippen MR) is 90.6 cm³/mol. The first-order chi connectivity index (χ1) is 11.3. The summed E-state index contributed by atoms with van der Waals surface area (Å²) in [5.74, 6) is -0.889. The van der Waals surface area contributed by atoms with Crippen LogP contribution in [0.1, 0.15) is 16.5 Å². The van der Waals surface area contributed by atoms with Gasteiger partial charge in [0.15, 0.2) is 9.84 Å². The monoisotopic (exact) mass is 389 g/mol. The Balaban J connectivity index is 1.90. The van der Waals surface area contributed by atoms with Crippen molar-refractivity contribution in [2.24, 2.45) is 0 Å². The molecular weight excluding hydrogens is 373 g/mol. The second kappa shape index (κ2) is 6.55. The Kier molecular flexibility index (Phi) is 4.78. The molecule has 0 radical (unpaired) electrons. The van der Waals surface area contributed by atoms with Crippen molar-refractivity contribution in [3.05, 3.63) is 52.5 Å². The van der Waals surface area contributed by atoms with E-state index in [-0.39, 0.29) is 30.2 Å². The summed E-state index contributed by atoms with van der Waals surface area (Å²) in [5, 5.41) is 1.11. The number of rotatable bonds is 3. The zero-order chi connectivity index (χ0) is 17.4. The third-order valence-electron chi connectivity index (χ3n) is 3.99. The van der Waals surface area contributed by atoms with Crippen molar-refractivity contribution in [1.29, 1.82) is 0 Å². The van der Waals surface area contributed by atoms with E-state index in [2.05, 4.69) is 0 Å². The van der Waals surface area contributed by atoms with Gasteiger partial charge in [0, 0.05) is 18.0 Å². The van der Waals surface area contributed by atoms with Crippen LogP contribution in [-0.2, 0) is 19.9 Å². The van der Waals surface area contributed by atoms with Gasteiger partial charge in [0.1, 0.15) is 5.82 Å². The highest BCUT2D eigenvalue weighted by molar-refractivity contribution is 7.92. The van der Waals surface area contributed by atoms with Crippen LogP contribution in [0.15, 0.2) is 46.7 Å². The molecule has 0 N–H and O–H groups in total. The molecule has 0 aliphatic carbocycles. The topological polar surface area (TPSA) is 71.5 Å². The average molecular weight is 389 g/mol. The van der Waals surface area contributed by atoms with Crippen molar-refractivity contribution < 1.29 is 21.2 Å². The van der Waals surface area contributed by atoms with Crippen LogP contribution in [0, 0.1) is 5.82 Å². The normalized spacial score (nSPS) is 22.1. The van der Waals surface area contributed by atoms with Crippen molar-refractivity contribution in [2.45, 2.75) is 16.6 Å². The Hall–Kier alpha value is -1.29. The molecule has 130 valence electrons. The van der Waals surface area contributed by atoms with Crippen molar-refractivity contribution >= 4 is 31.2 Å². The molecule has 2 aromatic rings. The minimum Gasteiger partial charge on any atom is -0.228 e. The lowest BCUT2D eigenvalue weighted by Gasteiger charge is -2.19. The van der Waals surface area contributed by atoms with Gasteiger partial charge in [-0.2, -0.15) is 4.31 Å². The number of halogens is 1. The highest BCUT2D eigenvalue weighted by Gasteiger charge is 2.36. The maximum Gasteiger partial charge on any atom is 0.243 e. The van der Waals surface area contributed by atoms with E-state index in [0.717, 1.165) is 15.2 Å². The van der Waals surface area contributed by atoms with Crippen LogP contribution in [0.4, 0.5) is 4.39 Å². The molecule has 1 aromatic heterocycles. The van der Waals surface area contributed by atoms with E-state index in [1.165, 1.54) is 29.5 Å². The number of sulfonamides is 1. The molecule has 1 saturated heterocycles. The van der Waals surface area contributed by atoms with Crippen LogP contribution < -0.4 is 0 Å². The molecule has 0 spiro atoms. The van der Waals surface area contributed by atoms with E-state index in [9.17, 15) is 21.2 Å². The molecule has 0 saturated carbocycles. The van der Waals surface area contributed by atoms with E-state index in [0.29, 0.717) is 0 Å². The van der Waals surface area contributed by atoms with Crippen LogP contribution in [0.25, 0.3) is 0 Å². The van der Waals surface area contributed by atoms with Crippen LogP contribution in [0.3, 0.4) is 0 Å². The first-order valence-electron chi connectivity index (χ1n) is 7.31. The van der Waals surface area contributed by atoms with E-state index >= 15 is 0 Å². The van der Waals surface area contributed by atoms with Crippen molar-refractivity contribution in [3.8, 4) is 0 Å². The number of thiophene rings is 1. The Morgan fingerprint density at radius 3 is 2.62 bits per heavy atom. The summed E-state index contributed by atoms with van der Waals surface area (Å²) in [6.45, 7) is -0.0380. The van der Waals surface area contributed by atoms with Crippen LogP contribution in [-0.4, -0.2) is 40.0 Å². The van der Waals surface area contributed by atoms with Crippen molar-refractivity contribution in [1.82, 2.24) is 4.31 Å². The van der Waals surface area contributed by atoms with Gasteiger partial charge in [-0.25, -0.2) is 21.2 Å². The third kappa shape index (κ3) is 3.39. The van der Waals surface area contributed by atoms with E-state index in [4.69, 9.17) is 0 Å². The smallest absolute Gasteiger partial charge is 0.228 e. The van der Waals surface area contributed by atoms with Gasteiger partial charge in [0.2, 0.25) is 10.0 Å². The average Bonchev–Trinajstić information content (AvgIpc) is 2.98. The summed E-state index contributed by atoms with van der Waals surface area (Å²) in [4.78, 5) is 0.564. The molecule has 1 aliphatic rings. The molecule has 9 heteroatoms. The summed E-state index contributed by atoms with van der Waals surface area (Å²) in [7, 11) is -7.35. The fraction of sp³-hybridized carbons (Fsp3) is 0.333. The first kappa shape index (κ1) is 17.5. The van der Waals surface area contributed by atoms with Crippen LogP contribution in [0.2, 0.25) is 0 Å². The molecule has 2 heterocycles.